The molecule has 130 valence electrons. The molecule has 1 aliphatic rings. The first-order valence-electron chi connectivity index (χ1n) is 7.56. The molecule has 0 spiro atoms. The van der Waals surface area contributed by atoms with E-state index in [4.69, 9.17) is 0 Å². The van der Waals surface area contributed by atoms with Crippen LogP contribution in [0.25, 0.3) is 0 Å². The van der Waals surface area contributed by atoms with Crippen LogP contribution in [0.4, 0.5) is 13.2 Å². The summed E-state index contributed by atoms with van der Waals surface area (Å²) in [6.07, 6.45) is -0.141. The predicted molar refractivity (Wildman–Crippen MR) is 80.1 cm³/mol. The molecule has 1 aromatic heterocycles. The molecule has 0 aromatic carbocycles. The molecule has 0 aliphatic heterocycles. The van der Waals surface area contributed by atoms with Gasteiger partial charge in [-0.2, -0.15) is 18.3 Å². The summed E-state index contributed by atoms with van der Waals surface area (Å²) in [6, 6.07) is 0.767. The lowest BCUT2D eigenvalue weighted by Crippen LogP contribution is -2.42. The van der Waals surface area contributed by atoms with Gasteiger partial charge in [-0.15, -0.1) is 0 Å². The molecule has 1 amide bonds. The van der Waals surface area contributed by atoms with E-state index in [9.17, 15) is 22.2 Å². The van der Waals surface area contributed by atoms with Crippen molar-refractivity contribution in [3.8, 4) is 0 Å². The molecule has 2 rings (SSSR count). The maximum atomic E-state index is 12.5. The largest absolute Gasteiger partial charge is 0.435 e. The molecule has 1 fully saturated rings. The van der Waals surface area contributed by atoms with Crippen LogP contribution in [0.1, 0.15) is 38.3 Å². The van der Waals surface area contributed by atoms with Gasteiger partial charge in [0.15, 0.2) is 5.69 Å². The number of nitrogens with one attached hydrogen (secondary N) is 1. The highest BCUT2D eigenvalue weighted by Crippen LogP contribution is 2.27. The van der Waals surface area contributed by atoms with Gasteiger partial charge >= 0.3 is 6.18 Å². The van der Waals surface area contributed by atoms with E-state index in [0.717, 1.165) is 36.2 Å². The van der Waals surface area contributed by atoms with Gasteiger partial charge in [0.2, 0.25) is 5.91 Å². The first-order valence-corrected chi connectivity index (χ1v) is 8.95. The van der Waals surface area contributed by atoms with Crippen molar-refractivity contribution in [1.82, 2.24) is 15.1 Å². The van der Waals surface area contributed by atoms with Gasteiger partial charge in [-0.3, -0.25) is 13.7 Å². The average molecular weight is 351 g/mol. The lowest BCUT2D eigenvalue weighted by Gasteiger charge is -2.29. The molecule has 1 aliphatic carbocycles. The Morgan fingerprint density at radius 2 is 2.22 bits per heavy atom. The molecular weight excluding hydrogens is 331 g/mol. The van der Waals surface area contributed by atoms with Crippen molar-refractivity contribution in [2.45, 2.75) is 56.6 Å². The summed E-state index contributed by atoms with van der Waals surface area (Å²) in [5, 5.41) is 6.25. The lowest BCUT2D eigenvalue weighted by molar-refractivity contribution is -0.141. The Labute approximate surface area is 135 Å². The standard InChI is InChI=1S/C14H20F3N3O2S/c1-2-23(22)11-5-3-4-10(8-11)18-13(21)9-20-7-6-12(19-20)14(15,16)17/h6-7,10-11H,2-5,8-9H2,1H3,(H,18,21). The van der Waals surface area contributed by atoms with Gasteiger partial charge in [-0.25, -0.2) is 0 Å². The summed E-state index contributed by atoms with van der Waals surface area (Å²) < 4.78 is 50.2. The molecule has 0 bridgehead atoms. The van der Waals surface area contributed by atoms with Crippen LogP contribution >= 0.6 is 0 Å². The molecule has 3 atom stereocenters. The van der Waals surface area contributed by atoms with Crippen LogP contribution in [0.15, 0.2) is 12.3 Å². The van der Waals surface area contributed by atoms with Crippen molar-refractivity contribution in [1.29, 1.82) is 0 Å². The van der Waals surface area contributed by atoms with Crippen molar-refractivity contribution < 1.29 is 22.2 Å². The predicted octanol–water partition coefficient (Wildman–Crippen LogP) is 2.10. The van der Waals surface area contributed by atoms with E-state index < -0.39 is 22.7 Å². The van der Waals surface area contributed by atoms with Gasteiger partial charge in [-0.05, 0) is 25.3 Å². The van der Waals surface area contributed by atoms with Crippen molar-refractivity contribution in [2.24, 2.45) is 0 Å². The maximum Gasteiger partial charge on any atom is 0.435 e. The molecule has 5 nitrogen and oxygen atoms in total. The van der Waals surface area contributed by atoms with E-state index in [-0.39, 0.29) is 23.7 Å². The highest BCUT2D eigenvalue weighted by molar-refractivity contribution is 7.85. The Hall–Kier alpha value is -1.38. The fourth-order valence-electron chi connectivity index (χ4n) is 2.77. The van der Waals surface area contributed by atoms with E-state index >= 15 is 0 Å². The molecule has 9 heteroatoms. The molecule has 1 aromatic rings. The van der Waals surface area contributed by atoms with E-state index in [1.165, 1.54) is 0 Å². The van der Waals surface area contributed by atoms with Crippen molar-refractivity contribution in [3.05, 3.63) is 18.0 Å². The van der Waals surface area contributed by atoms with Crippen LogP contribution < -0.4 is 5.32 Å². The maximum absolute atomic E-state index is 12.5. The number of alkyl halides is 3. The second kappa shape index (κ2) is 7.46. The molecule has 23 heavy (non-hydrogen) atoms. The highest BCUT2D eigenvalue weighted by atomic mass is 32.2. The monoisotopic (exact) mass is 351 g/mol. The molecular formula is C14H20F3N3O2S. The third kappa shape index (κ3) is 5.05. The second-order valence-corrected chi connectivity index (χ2v) is 7.62. The molecule has 0 saturated heterocycles. The molecule has 3 unspecified atom stereocenters. The summed E-state index contributed by atoms with van der Waals surface area (Å²) in [5.74, 6) is 0.216. The van der Waals surface area contributed by atoms with Crippen LogP contribution in [0.2, 0.25) is 0 Å². The number of carbonyl (C=O) groups is 1. The van der Waals surface area contributed by atoms with Crippen LogP contribution in [-0.4, -0.2) is 36.9 Å². The molecule has 0 radical (unpaired) electrons. The zero-order valence-corrected chi connectivity index (χ0v) is 13.6. The van der Waals surface area contributed by atoms with E-state index in [0.29, 0.717) is 12.2 Å². The first-order chi connectivity index (χ1) is 10.8. The SMILES string of the molecule is CCS(=O)C1CCCC(NC(=O)Cn2ccc(C(F)(F)F)n2)C1. The number of halogens is 3. The summed E-state index contributed by atoms with van der Waals surface area (Å²) in [5.41, 5.74) is -1.01. The van der Waals surface area contributed by atoms with Gasteiger partial charge in [0.05, 0.1) is 0 Å². The number of nitrogens with zero attached hydrogens (tertiary/aromatic N) is 2. The fraction of sp³-hybridized carbons (Fsp3) is 0.714. The molecule has 1 heterocycles. The van der Waals surface area contributed by atoms with Crippen molar-refractivity contribution in [2.75, 3.05) is 5.75 Å². The van der Waals surface area contributed by atoms with Crippen LogP contribution in [-0.2, 0) is 28.3 Å². The smallest absolute Gasteiger partial charge is 0.352 e. The normalized spacial score (nSPS) is 23.5. The van der Waals surface area contributed by atoms with Gasteiger partial charge in [0, 0.05) is 34.0 Å². The van der Waals surface area contributed by atoms with Gasteiger partial charge in [-0.1, -0.05) is 13.3 Å². The van der Waals surface area contributed by atoms with E-state index in [2.05, 4.69) is 10.4 Å². The number of hydrogen-bond donors (Lipinski definition) is 1. The van der Waals surface area contributed by atoms with E-state index in [1.807, 2.05) is 6.92 Å². The minimum absolute atomic E-state index is 0.0746. The molecule has 1 saturated carbocycles. The zero-order valence-electron chi connectivity index (χ0n) is 12.8. The highest BCUT2D eigenvalue weighted by Gasteiger charge is 2.33. The van der Waals surface area contributed by atoms with Crippen LogP contribution in [0.3, 0.4) is 0 Å². The second-order valence-electron chi connectivity index (χ2n) is 5.62. The summed E-state index contributed by atoms with van der Waals surface area (Å²) in [4.78, 5) is 12.0. The number of aromatic nitrogens is 2. The topological polar surface area (TPSA) is 64.0 Å². The minimum Gasteiger partial charge on any atom is -0.352 e. The third-order valence-corrected chi connectivity index (χ3v) is 5.62. The van der Waals surface area contributed by atoms with Crippen LogP contribution in [0, 0.1) is 0 Å². The number of amides is 1. The lowest BCUT2D eigenvalue weighted by atomic mass is 9.95. The Morgan fingerprint density at radius 3 is 2.83 bits per heavy atom. The van der Waals surface area contributed by atoms with Crippen molar-refractivity contribution >= 4 is 16.7 Å². The first kappa shape index (κ1) is 18.0. The Bertz CT molecular complexity index is 574. The minimum atomic E-state index is -4.51. The quantitative estimate of drug-likeness (QED) is 0.884. The summed E-state index contributed by atoms with van der Waals surface area (Å²) >= 11 is 0. The Kier molecular flexibility index (Phi) is 5.83. The van der Waals surface area contributed by atoms with Gasteiger partial charge in [0.25, 0.3) is 0 Å². The molecule has 1 N–H and O–H groups in total. The zero-order chi connectivity index (χ0) is 17.0. The van der Waals surface area contributed by atoms with Gasteiger partial charge in [0.1, 0.15) is 6.54 Å². The summed E-state index contributed by atoms with van der Waals surface area (Å²) in [6.45, 7) is 1.61. The average Bonchev–Trinajstić information content (AvgIpc) is 2.95. The van der Waals surface area contributed by atoms with E-state index in [1.54, 1.807) is 0 Å². The summed E-state index contributed by atoms with van der Waals surface area (Å²) in [7, 11) is -0.887. The fourth-order valence-corrected chi connectivity index (χ4v) is 4.12. The van der Waals surface area contributed by atoms with Gasteiger partial charge < -0.3 is 5.32 Å². The van der Waals surface area contributed by atoms with Crippen molar-refractivity contribution in [3.63, 3.8) is 0 Å². The Morgan fingerprint density at radius 1 is 1.48 bits per heavy atom. The number of carbonyl (C=O) groups excluding carboxylic acids is 1. The number of hydrogen-bond acceptors (Lipinski definition) is 3. The Balaban J connectivity index is 1.87. The third-order valence-electron chi connectivity index (χ3n) is 3.88. The van der Waals surface area contributed by atoms with Crippen LogP contribution in [0.5, 0.6) is 0 Å². The number of rotatable bonds is 5.